The molecule has 2 heterocycles. The second-order valence-corrected chi connectivity index (χ2v) is 2.97. The van der Waals surface area contributed by atoms with Gasteiger partial charge in [-0.1, -0.05) is 0 Å². The number of halogens is 2. The Morgan fingerprint density at radius 1 is 1.40 bits per heavy atom. The Labute approximate surface area is 74.2 Å². The van der Waals surface area contributed by atoms with Gasteiger partial charge in [0.15, 0.2) is 0 Å². The van der Waals surface area contributed by atoms with E-state index in [9.17, 15) is 0 Å². The Morgan fingerprint density at radius 3 is 2.30 bits per heavy atom. The summed E-state index contributed by atoms with van der Waals surface area (Å²) in [5.41, 5.74) is 0. The number of hydrogen-bond acceptors (Lipinski definition) is 2. The Bertz CT molecular complexity index is 108. The summed E-state index contributed by atoms with van der Waals surface area (Å²) in [6, 6.07) is 0. The minimum atomic E-state index is 0. The van der Waals surface area contributed by atoms with Gasteiger partial charge in [0.1, 0.15) is 0 Å². The van der Waals surface area contributed by atoms with Crippen molar-refractivity contribution in [1.82, 2.24) is 10.2 Å². The van der Waals surface area contributed by atoms with Gasteiger partial charge in [0.25, 0.3) is 0 Å². The topological polar surface area (TPSA) is 15.3 Å². The van der Waals surface area contributed by atoms with E-state index in [1.807, 2.05) is 0 Å². The fourth-order valence-corrected chi connectivity index (χ4v) is 1.79. The number of likely N-dealkylation sites (tertiary alicyclic amines) is 1. The Hall–Kier alpha value is 0.500. The van der Waals surface area contributed by atoms with Gasteiger partial charge in [0.2, 0.25) is 0 Å². The van der Waals surface area contributed by atoms with Crippen molar-refractivity contribution >= 4 is 24.8 Å². The average molecular weight is 185 g/mol. The third-order valence-corrected chi connectivity index (χ3v) is 2.28. The molecule has 2 bridgehead atoms. The van der Waals surface area contributed by atoms with Crippen LogP contribution >= 0.6 is 24.8 Å². The molecule has 0 amide bonds. The van der Waals surface area contributed by atoms with Gasteiger partial charge in [0.05, 0.1) is 6.17 Å². The third-order valence-electron chi connectivity index (χ3n) is 2.28. The number of rotatable bonds is 0. The molecule has 0 aromatic carbocycles. The van der Waals surface area contributed by atoms with E-state index in [0.29, 0.717) is 0 Å². The van der Waals surface area contributed by atoms with Gasteiger partial charge in [-0.05, 0) is 19.4 Å². The molecule has 2 aliphatic heterocycles. The smallest absolute Gasteiger partial charge is 0.0598 e. The summed E-state index contributed by atoms with van der Waals surface area (Å²) in [6.45, 7) is 2.58. The fraction of sp³-hybridized carbons (Fsp3) is 1.00. The first-order valence-corrected chi connectivity index (χ1v) is 3.30. The van der Waals surface area contributed by atoms with Crippen LogP contribution in [-0.2, 0) is 0 Å². The highest BCUT2D eigenvalue weighted by atomic mass is 35.5. The minimum Gasteiger partial charge on any atom is -0.301 e. The van der Waals surface area contributed by atoms with Gasteiger partial charge in [-0.2, -0.15) is 0 Å². The predicted molar refractivity (Wildman–Crippen MR) is 47.0 cm³/mol. The van der Waals surface area contributed by atoms with E-state index >= 15 is 0 Å². The molecule has 0 aromatic rings. The van der Waals surface area contributed by atoms with Crippen LogP contribution in [0, 0.1) is 5.92 Å². The van der Waals surface area contributed by atoms with Gasteiger partial charge in [-0.15, -0.1) is 24.8 Å². The summed E-state index contributed by atoms with van der Waals surface area (Å²) in [7, 11) is 2.19. The highest BCUT2D eigenvalue weighted by molar-refractivity contribution is 5.85. The van der Waals surface area contributed by atoms with Gasteiger partial charge in [-0.3, -0.25) is 4.90 Å². The van der Waals surface area contributed by atoms with E-state index in [2.05, 4.69) is 17.3 Å². The molecule has 0 aliphatic carbocycles. The van der Waals surface area contributed by atoms with Crippen molar-refractivity contribution in [2.24, 2.45) is 5.92 Å². The third kappa shape index (κ3) is 1.56. The molecule has 2 saturated heterocycles. The molecule has 2 unspecified atom stereocenters. The molecule has 2 atom stereocenters. The van der Waals surface area contributed by atoms with Crippen LogP contribution < -0.4 is 5.32 Å². The number of hydrogen-bond donors (Lipinski definition) is 1. The van der Waals surface area contributed by atoms with Crippen LogP contribution in [0.5, 0.6) is 0 Å². The van der Waals surface area contributed by atoms with Crippen molar-refractivity contribution in [3.05, 3.63) is 0 Å². The monoisotopic (exact) mass is 184 g/mol. The van der Waals surface area contributed by atoms with Crippen molar-refractivity contribution in [3.63, 3.8) is 0 Å². The normalized spacial score (nSPS) is 36.9. The minimum absolute atomic E-state index is 0. The molecular formula is C6H14Cl2N2. The van der Waals surface area contributed by atoms with Gasteiger partial charge >= 0.3 is 0 Å². The lowest BCUT2D eigenvalue weighted by atomic mass is 10.2. The Balaban J connectivity index is 0.000000405. The van der Waals surface area contributed by atoms with Gasteiger partial charge < -0.3 is 5.32 Å². The lowest BCUT2D eigenvalue weighted by Gasteiger charge is -2.22. The predicted octanol–water partition coefficient (Wildman–Crippen LogP) is 0.711. The second-order valence-electron chi connectivity index (χ2n) is 2.97. The summed E-state index contributed by atoms with van der Waals surface area (Å²) < 4.78 is 0. The molecule has 4 heteroatoms. The molecule has 2 nitrogen and oxygen atoms in total. The highest BCUT2D eigenvalue weighted by Gasteiger charge is 2.34. The zero-order valence-electron chi connectivity index (χ0n) is 6.04. The van der Waals surface area contributed by atoms with Crippen LogP contribution in [0.15, 0.2) is 0 Å². The summed E-state index contributed by atoms with van der Waals surface area (Å²) in [5, 5.41) is 3.43. The van der Waals surface area contributed by atoms with E-state index in [4.69, 9.17) is 0 Å². The van der Waals surface area contributed by atoms with E-state index in [1.165, 1.54) is 19.5 Å². The van der Waals surface area contributed by atoms with Crippen molar-refractivity contribution < 1.29 is 0 Å². The average Bonchev–Trinajstić information content (AvgIpc) is 2.23. The zero-order chi connectivity index (χ0) is 5.56. The summed E-state index contributed by atoms with van der Waals surface area (Å²) >= 11 is 0. The first-order valence-electron chi connectivity index (χ1n) is 3.30. The first-order chi connectivity index (χ1) is 3.86. The molecule has 2 rings (SSSR count). The molecule has 0 aromatic heterocycles. The summed E-state index contributed by atoms with van der Waals surface area (Å²) in [6.07, 6.45) is 2.11. The van der Waals surface area contributed by atoms with Gasteiger partial charge in [-0.25, -0.2) is 0 Å². The van der Waals surface area contributed by atoms with E-state index in [-0.39, 0.29) is 24.8 Å². The second kappa shape index (κ2) is 3.77. The van der Waals surface area contributed by atoms with Crippen LogP contribution in [0.1, 0.15) is 6.42 Å². The molecule has 0 spiro atoms. The van der Waals surface area contributed by atoms with Crippen LogP contribution in [0.3, 0.4) is 0 Å². The van der Waals surface area contributed by atoms with Crippen LogP contribution in [0.25, 0.3) is 0 Å². The fourth-order valence-electron chi connectivity index (χ4n) is 1.79. The van der Waals surface area contributed by atoms with Crippen molar-refractivity contribution in [3.8, 4) is 0 Å². The van der Waals surface area contributed by atoms with Gasteiger partial charge in [0, 0.05) is 13.1 Å². The van der Waals surface area contributed by atoms with Crippen LogP contribution in [-0.4, -0.2) is 31.2 Å². The summed E-state index contributed by atoms with van der Waals surface area (Å²) in [4.78, 5) is 2.40. The lowest BCUT2D eigenvalue weighted by Crippen LogP contribution is -2.41. The summed E-state index contributed by atoms with van der Waals surface area (Å²) in [5.74, 6) is 0.963. The van der Waals surface area contributed by atoms with Crippen LogP contribution in [0.4, 0.5) is 0 Å². The van der Waals surface area contributed by atoms with Crippen LogP contribution in [0.2, 0.25) is 0 Å². The van der Waals surface area contributed by atoms with E-state index in [0.717, 1.165) is 12.1 Å². The number of nitrogens with one attached hydrogen (secondary N) is 1. The molecule has 0 saturated carbocycles. The quantitative estimate of drug-likeness (QED) is 0.597. The molecule has 10 heavy (non-hydrogen) atoms. The Kier molecular flexibility index (Phi) is 3.95. The SMILES string of the molecule is CN1CC2CNC1C2.Cl.Cl. The lowest BCUT2D eigenvalue weighted by molar-refractivity contribution is 0.242. The maximum Gasteiger partial charge on any atom is 0.0598 e. The van der Waals surface area contributed by atoms with E-state index in [1.54, 1.807) is 0 Å². The number of fused-ring (bicyclic) bond motifs is 2. The van der Waals surface area contributed by atoms with Crippen molar-refractivity contribution in [1.29, 1.82) is 0 Å². The van der Waals surface area contributed by atoms with E-state index < -0.39 is 0 Å². The van der Waals surface area contributed by atoms with Crippen molar-refractivity contribution in [2.75, 3.05) is 20.1 Å². The molecule has 0 radical (unpaired) electrons. The molecule has 1 N–H and O–H groups in total. The molecule has 2 aliphatic rings. The largest absolute Gasteiger partial charge is 0.301 e. The Morgan fingerprint density at radius 2 is 2.10 bits per heavy atom. The number of nitrogens with zero attached hydrogens (tertiary/aromatic N) is 1. The zero-order valence-corrected chi connectivity index (χ0v) is 7.67. The maximum atomic E-state index is 3.43. The molecular weight excluding hydrogens is 171 g/mol. The molecule has 62 valence electrons. The standard InChI is InChI=1S/C6H12N2.2ClH/c1-8-4-5-2-6(8)7-3-5;;/h5-7H,2-4H2,1H3;2*1H. The van der Waals surface area contributed by atoms with Crippen molar-refractivity contribution in [2.45, 2.75) is 12.6 Å². The highest BCUT2D eigenvalue weighted by Crippen LogP contribution is 2.24. The molecule has 2 fully saturated rings. The maximum absolute atomic E-state index is 3.43. The first kappa shape index (κ1) is 10.5.